The molecule has 2 aromatic carbocycles. The van der Waals surface area contributed by atoms with Gasteiger partial charge in [-0.1, -0.05) is 18.2 Å². The lowest BCUT2D eigenvalue weighted by atomic mass is 10.0. The van der Waals surface area contributed by atoms with Crippen molar-refractivity contribution in [2.45, 2.75) is 0 Å². The van der Waals surface area contributed by atoms with E-state index in [1.54, 1.807) is 36.4 Å². The molecule has 3 rings (SSSR count). The van der Waals surface area contributed by atoms with E-state index in [9.17, 15) is 9.18 Å². The summed E-state index contributed by atoms with van der Waals surface area (Å²) in [6, 6.07) is 9.12. The summed E-state index contributed by atoms with van der Waals surface area (Å²) in [5.74, 6) is -0.370. The van der Waals surface area contributed by atoms with E-state index in [2.05, 4.69) is 10.2 Å². The fourth-order valence-electron chi connectivity index (χ4n) is 3.28. The molecule has 1 saturated heterocycles. The smallest absolute Gasteiger partial charge is 0.254 e. The number of nitrogens with two attached hydrogens (primary N) is 1. The Kier molecular flexibility index (Phi) is 7.75. The van der Waals surface area contributed by atoms with Crippen LogP contribution in [0.5, 0.6) is 5.75 Å². The third kappa shape index (κ3) is 5.90. The van der Waals surface area contributed by atoms with Gasteiger partial charge < -0.3 is 25.9 Å². The first-order valence-corrected chi connectivity index (χ1v) is 10.1. The molecule has 0 aliphatic carbocycles. The lowest BCUT2D eigenvalue weighted by Crippen LogP contribution is -2.38. The van der Waals surface area contributed by atoms with Gasteiger partial charge in [-0.25, -0.2) is 4.39 Å². The minimum atomic E-state index is -0.328. The minimum Gasteiger partial charge on any atom is -0.491 e. The Morgan fingerprint density at radius 3 is 2.65 bits per heavy atom. The normalized spacial score (nSPS) is 14.5. The summed E-state index contributed by atoms with van der Waals surface area (Å²) in [7, 11) is 1.54. The maximum absolute atomic E-state index is 13.1. The Morgan fingerprint density at radius 1 is 1.26 bits per heavy atom. The molecule has 0 spiro atoms. The molecule has 0 bridgehead atoms. The number of nitrogen functional groups attached to an aromatic ring is 1. The van der Waals surface area contributed by atoms with E-state index >= 15 is 0 Å². The molecule has 0 atom stereocenters. The van der Waals surface area contributed by atoms with Crippen LogP contribution in [0.25, 0.3) is 6.08 Å². The molecular formula is C23H27FN4O3. The van der Waals surface area contributed by atoms with Gasteiger partial charge in [-0.15, -0.1) is 0 Å². The van der Waals surface area contributed by atoms with Crippen LogP contribution in [0.2, 0.25) is 0 Å². The topological polar surface area (TPSA) is 101 Å². The molecule has 31 heavy (non-hydrogen) atoms. The number of hydrogen-bond donors (Lipinski definition) is 3. The van der Waals surface area contributed by atoms with Crippen LogP contribution in [-0.4, -0.2) is 63.0 Å². The highest BCUT2D eigenvalue weighted by Gasteiger charge is 2.21. The number of carbonyl (C=O) groups excluding carboxylic acids is 1. The third-order valence-electron chi connectivity index (χ3n) is 5.00. The molecule has 0 saturated carbocycles. The second kappa shape index (κ2) is 10.7. The molecule has 1 fully saturated rings. The van der Waals surface area contributed by atoms with Gasteiger partial charge in [0.1, 0.15) is 18.2 Å². The largest absolute Gasteiger partial charge is 0.491 e. The fraction of sp³-hybridized carbons (Fsp3) is 0.304. The van der Waals surface area contributed by atoms with Gasteiger partial charge in [0.15, 0.2) is 0 Å². The Bertz CT molecular complexity index is 954. The Labute approximate surface area is 181 Å². The van der Waals surface area contributed by atoms with Gasteiger partial charge in [-0.05, 0) is 35.9 Å². The van der Waals surface area contributed by atoms with Crippen LogP contribution in [-0.2, 0) is 4.74 Å². The van der Waals surface area contributed by atoms with Gasteiger partial charge >= 0.3 is 0 Å². The number of benzene rings is 2. The van der Waals surface area contributed by atoms with E-state index in [1.165, 1.54) is 19.2 Å². The molecule has 0 unspecified atom stereocenters. The zero-order valence-corrected chi connectivity index (χ0v) is 17.5. The summed E-state index contributed by atoms with van der Waals surface area (Å²) in [5.41, 5.74) is 8.00. The number of nitrogens with one attached hydrogen (secondary N) is 2. The van der Waals surface area contributed by atoms with Gasteiger partial charge in [0.2, 0.25) is 0 Å². The standard InChI is InChI=1S/C23H27FN4O3/c1-27-23(29)18-7-9-20(26)21(19(25)8-4-16-2-5-17(24)6-3-16)22(18)31-15-12-28-10-13-30-14-11-28/h2-9,25H,10-15,26H2,1H3,(H,27,29)/b8-4+,25-19?. The average molecular weight is 426 g/mol. The van der Waals surface area contributed by atoms with Crippen molar-refractivity contribution in [1.82, 2.24) is 10.2 Å². The minimum absolute atomic E-state index is 0.0916. The highest BCUT2D eigenvalue weighted by atomic mass is 19.1. The second-order valence-electron chi connectivity index (χ2n) is 7.09. The number of nitrogens with zero attached hydrogens (tertiary/aromatic N) is 1. The number of anilines is 1. The molecule has 8 heteroatoms. The summed E-state index contributed by atoms with van der Waals surface area (Å²) in [6.07, 6.45) is 3.24. The van der Waals surface area contributed by atoms with Gasteiger partial charge in [0.25, 0.3) is 5.91 Å². The Hall–Kier alpha value is -3.23. The predicted molar refractivity (Wildman–Crippen MR) is 119 cm³/mol. The van der Waals surface area contributed by atoms with Crippen molar-refractivity contribution >= 4 is 23.4 Å². The summed E-state index contributed by atoms with van der Waals surface area (Å²) in [4.78, 5) is 14.6. The lowest BCUT2D eigenvalue weighted by Gasteiger charge is -2.26. The zero-order chi connectivity index (χ0) is 22.2. The first-order chi connectivity index (χ1) is 15.0. The van der Waals surface area contributed by atoms with Gasteiger partial charge in [-0.3, -0.25) is 9.69 Å². The van der Waals surface area contributed by atoms with E-state index in [4.69, 9.17) is 20.6 Å². The quantitative estimate of drug-likeness (QED) is 0.445. The van der Waals surface area contributed by atoms with Crippen LogP contribution in [0.4, 0.5) is 10.1 Å². The second-order valence-corrected chi connectivity index (χ2v) is 7.09. The monoisotopic (exact) mass is 426 g/mol. The molecule has 1 aliphatic heterocycles. The van der Waals surface area contributed by atoms with Crippen molar-refractivity contribution in [1.29, 1.82) is 5.41 Å². The van der Waals surface area contributed by atoms with Crippen molar-refractivity contribution in [3.05, 3.63) is 65.0 Å². The number of amides is 1. The van der Waals surface area contributed by atoms with Crippen molar-refractivity contribution in [2.75, 3.05) is 52.2 Å². The van der Waals surface area contributed by atoms with Gasteiger partial charge in [-0.2, -0.15) is 0 Å². The molecule has 7 nitrogen and oxygen atoms in total. The summed E-state index contributed by atoms with van der Waals surface area (Å²) in [5, 5.41) is 11.1. The number of morpholine rings is 1. The molecule has 164 valence electrons. The van der Waals surface area contributed by atoms with Crippen LogP contribution < -0.4 is 15.8 Å². The molecule has 1 aliphatic rings. The molecule has 4 N–H and O–H groups in total. The molecule has 1 heterocycles. The van der Waals surface area contributed by atoms with Crippen LogP contribution in [0, 0.1) is 11.2 Å². The number of rotatable bonds is 8. The van der Waals surface area contributed by atoms with Crippen molar-refractivity contribution < 1.29 is 18.7 Å². The van der Waals surface area contributed by atoms with Crippen molar-refractivity contribution in [3.8, 4) is 5.75 Å². The summed E-state index contributed by atoms with van der Waals surface area (Å²) < 4.78 is 24.5. The average Bonchev–Trinajstić information content (AvgIpc) is 2.79. The number of hydrogen-bond acceptors (Lipinski definition) is 6. The number of carbonyl (C=O) groups is 1. The first kappa shape index (κ1) is 22.5. The highest BCUT2D eigenvalue weighted by Crippen LogP contribution is 2.30. The molecule has 2 aromatic rings. The van der Waals surface area contributed by atoms with Gasteiger partial charge in [0.05, 0.1) is 30.1 Å². The maximum Gasteiger partial charge on any atom is 0.254 e. The van der Waals surface area contributed by atoms with Gasteiger partial charge in [0, 0.05) is 32.4 Å². The van der Waals surface area contributed by atoms with E-state index in [0.29, 0.717) is 43.2 Å². The number of halogens is 1. The molecule has 1 amide bonds. The van der Waals surface area contributed by atoms with Crippen LogP contribution >= 0.6 is 0 Å². The number of allylic oxidation sites excluding steroid dienone is 1. The van der Waals surface area contributed by atoms with Crippen LogP contribution in [0.1, 0.15) is 21.5 Å². The van der Waals surface area contributed by atoms with E-state index in [-0.39, 0.29) is 23.2 Å². The Balaban J connectivity index is 1.85. The van der Waals surface area contributed by atoms with Crippen molar-refractivity contribution in [3.63, 3.8) is 0 Å². The highest BCUT2D eigenvalue weighted by molar-refractivity contribution is 6.15. The first-order valence-electron chi connectivity index (χ1n) is 10.1. The molecular weight excluding hydrogens is 399 g/mol. The Morgan fingerprint density at radius 2 is 1.97 bits per heavy atom. The predicted octanol–water partition coefficient (Wildman–Crippen LogP) is 2.56. The summed E-state index contributed by atoms with van der Waals surface area (Å²) in [6.45, 7) is 4.04. The SMILES string of the molecule is CNC(=O)c1ccc(N)c(C(=N)/C=C/c2ccc(F)cc2)c1OCCN1CCOCC1. The third-order valence-corrected chi connectivity index (χ3v) is 5.00. The number of ether oxygens (including phenoxy) is 2. The fourth-order valence-corrected chi connectivity index (χ4v) is 3.28. The lowest BCUT2D eigenvalue weighted by molar-refractivity contribution is 0.0322. The molecule has 0 radical (unpaired) electrons. The van der Waals surface area contributed by atoms with E-state index < -0.39 is 0 Å². The summed E-state index contributed by atoms with van der Waals surface area (Å²) >= 11 is 0. The van der Waals surface area contributed by atoms with E-state index in [0.717, 1.165) is 18.7 Å². The maximum atomic E-state index is 13.1. The van der Waals surface area contributed by atoms with Crippen LogP contribution in [0.15, 0.2) is 42.5 Å². The van der Waals surface area contributed by atoms with Crippen LogP contribution in [0.3, 0.4) is 0 Å². The zero-order valence-electron chi connectivity index (χ0n) is 17.5. The molecule has 0 aromatic heterocycles. The van der Waals surface area contributed by atoms with Crippen molar-refractivity contribution in [2.24, 2.45) is 0 Å². The van der Waals surface area contributed by atoms with E-state index in [1.807, 2.05) is 0 Å².